The number of rotatable bonds is 3. The number of nitrogens with one attached hydrogen (secondary N) is 1. The average molecular weight is 254 g/mol. The van der Waals surface area contributed by atoms with Crippen molar-refractivity contribution in [2.45, 2.75) is 37.6 Å². The second-order valence-corrected chi connectivity index (χ2v) is 5.76. The zero-order valence-corrected chi connectivity index (χ0v) is 10.9. The van der Waals surface area contributed by atoms with E-state index >= 15 is 0 Å². The van der Waals surface area contributed by atoms with Gasteiger partial charge in [0.25, 0.3) is 0 Å². The fourth-order valence-corrected chi connectivity index (χ4v) is 3.62. The van der Waals surface area contributed by atoms with Gasteiger partial charge < -0.3 is 5.32 Å². The molecule has 4 atom stereocenters. The molecular formula is C16H18N2O. The molecule has 3 heteroatoms. The van der Waals surface area contributed by atoms with Gasteiger partial charge in [-0.25, -0.2) is 0 Å². The van der Waals surface area contributed by atoms with Crippen LogP contribution in [0.1, 0.15) is 37.2 Å². The maximum Gasteiger partial charge on any atom is 0.242 e. The van der Waals surface area contributed by atoms with Gasteiger partial charge in [0, 0.05) is 6.04 Å². The molecular weight excluding hydrogens is 236 g/mol. The van der Waals surface area contributed by atoms with Crippen LogP contribution in [0.2, 0.25) is 0 Å². The van der Waals surface area contributed by atoms with E-state index in [1.807, 2.05) is 30.3 Å². The van der Waals surface area contributed by atoms with Gasteiger partial charge in [-0.1, -0.05) is 36.8 Å². The Balaban J connectivity index is 1.68. The molecule has 3 rings (SSSR count). The summed E-state index contributed by atoms with van der Waals surface area (Å²) in [5.74, 6) is 0.628. The van der Waals surface area contributed by atoms with Crippen LogP contribution in [0.25, 0.3) is 0 Å². The second kappa shape index (κ2) is 5.05. The molecule has 0 heterocycles. The predicted octanol–water partition coefficient (Wildman–Crippen LogP) is 2.60. The van der Waals surface area contributed by atoms with Crippen molar-refractivity contribution in [3.63, 3.8) is 0 Å². The van der Waals surface area contributed by atoms with E-state index < -0.39 is 5.92 Å². The van der Waals surface area contributed by atoms with Crippen molar-refractivity contribution >= 4 is 5.91 Å². The summed E-state index contributed by atoms with van der Waals surface area (Å²) >= 11 is 0. The Morgan fingerprint density at radius 3 is 2.63 bits per heavy atom. The highest BCUT2D eigenvalue weighted by atomic mass is 16.1. The van der Waals surface area contributed by atoms with Crippen molar-refractivity contribution in [2.75, 3.05) is 0 Å². The summed E-state index contributed by atoms with van der Waals surface area (Å²) in [7, 11) is 0. The van der Waals surface area contributed by atoms with Crippen LogP contribution in [-0.4, -0.2) is 11.9 Å². The first-order valence-corrected chi connectivity index (χ1v) is 7.03. The molecule has 2 bridgehead atoms. The van der Waals surface area contributed by atoms with E-state index in [1.165, 1.54) is 19.3 Å². The van der Waals surface area contributed by atoms with E-state index in [-0.39, 0.29) is 5.91 Å². The van der Waals surface area contributed by atoms with Crippen molar-refractivity contribution in [2.24, 2.45) is 11.8 Å². The lowest BCUT2D eigenvalue weighted by Gasteiger charge is -2.24. The Morgan fingerprint density at radius 1 is 1.26 bits per heavy atom. The molecule has 0 aliphatic heterocycles. The smallest absolute Gasteiger partial charge is 0.242 e. The van der Waals surface area contributed by atoms with Crippen molar-refractivity contribution in [1.82, 2.24) is 5.32 Å². The summed E-state index contributed by atoms with van der Waals surface area (Å²) in [5, 5.41) is 12.3. The number of hydrogen-bond donors (Lipinski definition) is 1. The Labute approximate surface area is 113 Å². The van der Waals surface area contributed by atoms with Crippen LogP contribution in [-0.2, 0) is 4.79 Å². The Bertz CT molecular complexity index is 505. The highest BCUT2D eigenvalue weighted by Crippen LogP contribution is 2.44. The van der Waals surface area contributed by atoms with Gasteiger partial charge in [-0.3, -0.25) is 4.79 Å². The van der Waals surface area contributed by atoms with Gasteiger partial charge in [-0.15, -0.1) is 0 Å². The summed E-state index contributed by atoms with van der Waals surface area (Å²) in [5.41, 5.74) is 0.783. The summed E-state index contributed by atoms with van der Waals surface area (Å²) in [6.07, 6.45) is 4.91. The van der Waals surface area contributed by atoms with Crippen molar-refractivity contribution in [3.8, 4) is 6.07 Å². The van der Waals surface area contributed by atoms with Crippen LogP contribution in [0, 0.1) is 23.2 Å². The van der Waals surface area contributed by atoms with Gasteiger partial charge in [0.2, 0.25) is 5.91 Å². The second-order valence-electron chi connectivity index (χ2n) is 5.76. The molecule has 2 saturated carbocycles. The quantitative estimate of drug-likeness (QED) is 0.901. The molecule has 98 valence electrons. The van der Waals surface area contributed by atoms with E-state index in [0.717, 1.165) is 17.9 Å². The Kier molecular flexibility index (Phi) is 3.25. The molecule has 0 spiro atoms. The third-order valence-corrected chi connectivity index (χ3v) is 4.59. The number of amides is 1. The lowest BCUT2D eigenvalue weighted by atomic mass is 9.93. The largest absolute Gasteiger partial charge is 0.352 e. The van der Waals surface area contributed by atoms with E-state index in [9.17, 15) is 10.1 Å². The third-order valence-electron chi connectivity index (χ3n) is 4.59. The number of nitriles is 1. The minimum atomic E-state index is -0.680. The van der Waals surface area contributed by atoms with Gasteiger partial charge in [-0.05, 0) is 36.7 Å². The first-order chi connectivity index (χ1) is 9.28. The van der Waals surface area contributed by atoms with Gasteiger partial charge in [0.1, 0.15) is 5.92 Å². The summed E-state index contributed by atoms with van der Waals surface area (Å²) in [6.45, 7) is 0. The first kappa shape index (κ1) is 12.2. The molecule has 2 fully saturated rings. The number of carbonyl (C=O) groups is 1. The van der Waals surface area contributed by atoms with E-state index in [2.05, 4.69) is 11.4 Å². The van der Waals surface area contributed by atoms with Gasteiger partial charge >= 0.3 is 0 Å². The normalized spacial score (nSPS) is 29.7. The summed E-state index contributed by atoms with van der Waals surface area (Å²) in [6, 6.07) is 11.7. The number of fused-ring (bicyclic) bond motifs is 2. The van der Waals surface area contributed by atoms with Crippen LogP contribution >= 0.6 is 0 Å². The SMILES string of the molecule is N#CC(C(=O)NC1CC2CCC1C2)c1ccccc1. The number of benzene rings is 1. The predicted molar refractivity (Wildman–Crippen MR) is 72.2 cm³/mol. The summed E-state index contributed by atoms with van der Waals surface area (Å²) in [4.78, 5) is 12.3. The number of hydrogen-bond acceptors (Lipinski definition) is 2. The maximum atomic E-state index is 12.3. The lowest BCUT2D eigenvalue weighted by molar-refractivity contribution is -0.122. The minimum absolute atomic E-state index is 0.133. The average Bonchev–Trinajstić information content (AvgIpc) is 3.03. The van der Waals surface area contributed by atoms with Gasteiger partial charge in [0.15, 0.2) is 0 Å². The van der Waals surface area contributed by atoms with E-state index in [4.69, 9.17) is 0 Å². The van der Waals surface area contributed by atoms with Crippen LogP contribution in [0.4, 0.5) is 0 Å². The zero-order chi connectivity index (χ0) is 13.2. The number of nitrogens with zero attached hydrogens (tertiary/aromatic N) is 1. The topological polar surface area (TPSA) is 52.9 Å². The van der Waals surface area contributed by atoms with Crippen LogP contribution in [0.15, 0.2) is 30.3 Å². The van der Waals surface area contributed by atoms with Crippen molar-refractivity contribution in [1.29, 1.82) is 5.26 Å². The molecule has 1 aromatic carbocycles. The van der Waals surface area contributed by atoms with Crippen molar-refractivity contribution in [3.05, 3.63) is 35.9 Å². The maximum absolute atomic E-state index is 12.3. The minimum Gasteiger partial charge on any atom is -0.352 e. The first-order valence-electron chi connectivity index (χ1n) is 7.03. The third kappa shape index (κ3) is 2.35. The van der Waals surface area contributed by atoms with Crippen LogP contribution in [0.5, 0.6) is 0 Å². The molecule has 4 unspecified atom stereocenters. The zero-order valence-electron chi connectivity index (χ0n) is 10.9. The summed E-state index contributed by atoms with van der Waals surface area (Å²) < 4.78 is 0. The van der Waals surface area contributed by atoms with Crippen LogP contribution in [0.3, 0.4) is 0 Å². The van der Waals surface area contributed by atoms with Crippen molar-refractivity contribution < 1.29 is 4.79 Å². The molecule has 3 nitrogen and oxygen atoms in total. The van der Waals surface area contributed by atoms with Gasteiger partial charge in [-0.2, -0.15) is 5.26 Å². The molecule has 1 N–H and O–H groups in total. The molecule has 2 aliphatic rings. The van der Waals surface area contributed by atoms with E-state index in [0.29, 0.717) is 12.0 Å². The van der Waals surface area contributed by atoms with Crippen LogP contribution < -0.4 is 5.32 Å². The highest BCUT2D eigenvalue weighted by Gasteiger charge is 2.40. The molecule has 1 amide bonds. The fraction of sp³-hybridized carbons (Fsp3) is 0.500. The van der Waals surface area contributed by atoms with E-state index in [1.54, 1.807) is 0 Å². The lowest BCUT2D eigenvalue weighted by Crippen LogP contribution is -2.40. The molecule has 19 heavy (non-hydrogen) atoms. The van der Waals surface area contributed by atoms with Gasteiger partial charge in [0.05, 0.1) is 6.07 Å². The molecule has 0 saturated heterocycles. The fourth-order valence-electron chi connectivity index (χ4n) is 3.62. The Hall–Kier alpha value is -1.82. The molecule has 0 radical (unpaired) electrons. The number of carbonyl (C=O) groups excluding carboxylic acids is 1. The molecule has 1 aromatic rings. The highest BCUT2D eigenvalue weighted by molar-refractivity contribution is 5.86. The molecule has 2 aliphatic carbocycles. The Morgan fingerprint density at radius 2 is 2.05 bits per heavy atom. The standard InChI is InChI=1S/C16H18N2O/c17-10-14(12-4-2-1-3-5-12)16(19)18-15-9-11-6-7-13(15)8-11/h1-5,11,13-15H,6-9H2,(H,18,19). The monoisotopic (exact) mass is 254 g/mol. The molecule has 0 aromatic heterocycles.